The fraction of sp³-hybridized carbons (Fsp3) is 0.923. The van der Waals surface area contributed by atoms with Crippen LogP contribution in [0.2, 0.25) is 0 Å². The zero-order valence-corrected chi connectivity index (χ0v) is 13.3. The number of carbonyl (C=O) groups excluding carboxylic acids is 1. The van der Waals surface area contributed by atoms with Crippen molar-refractivity contribution in [3.05, 3.63) is 0 Å². The van der Waals surface area contributed by atoms with E-state index in [4.69, 9.17) is 39.5 Å². The van der Waals surface area contributed by atoms with Crippen molar-refractivity contribution in [1.82, 2.24) is 0 Å². The summed E-state index contributed by atoms with van der Waals surface area (Å²) in [7, 11) is 0. The Hall–Kier alpha value is 0.340. The highest BCUT2D eigenvalue weighted by atomic mass is 35.6. The summed E-state index contributed by atoms with van der Waals surface area (Å²) in [4.78, 5) is 11.1. The van der Waals surface area contributed by atoms with Gasteiger partial charge in [0.15, 0.2) is 0 Å². The summed E-state index contributed by atoms with van der Waals surface area (Å²) in [5.41, 5.74) is 0. The summed E-state index contributed by atoms with van der Waals surface area (Å²) < 4.78 is 2.89. The highest BCUT2D eigenvalue weighted by Gasteiger charge is 2.32. The Kier molecular flexibility index (Phi) is 11.4. The molecule has 0 rings (SSSR count). The molecule has 0 aromatic heterocycles. The van der Waals surface area contributed by atoms with Crippen LogP contribution in [0.4, 0.5) is 0 Å². The van der Waals surface area contributed by atoms with Gasteiger partial charge in [0.25, 0.3) is 3.79 Å². The molecular formula is C13H23Cl3O2. The fourth-order valence-corrected chi connectivity index (χ4v) is 1.82. The topological polar surface area (TPSA) is 26.3 Å². The number of ether oxygens (including phenoxy) is 1. The molecule has 0 amide bonds. The molecule has 0 saturated carbocycles. The van der Waals surface area contributed by atoms with Gasteiger partial charge >= 0.3 is 5.97 Å². The van der Waals surface area contributed by atoms with Crippen molar-refractivity contribution in [2.24, 2.45) is 0 Å². The average Bonchev–Trinajstić information content (AvgIpc) is 2.30. The summed E-state index contributed by atoms with van der Waals surface area (Å²) in [6.45, 7) is 2.56. The van der Waals surface area contributed by atoms with Gasteiger partial charge in [0.2, 0.25) is 0 Å². The van der Waals surface area contributed by atoms with Crippen molar-refractivity contribution in [3.8, 4) is 0 Å². The van der Waals surface area contributed by atoms with Gasteiger partial charge in [-0.2, -0.15) is 0 Å². The maximum atomic E-state index is 11.1. The van der Waals surface area contributed by atoms with Gasteiger partial charge in [-0.05, 0) is 6.42 Å². The molecule has 0 unspecified atom stereocenters. The lowest BCUT2D eigenvalue weighted by Crippen LogP contribution is -2.22. The molecule has 0 aliphatic rings. The number of rotatable bonds is 10. The van der Waals surface area contributed by atoms with Crippen LogP contribution in [0.25, 0.3) is 0 Å². The van der Waals surface area contributed by atoms with Crippen molar-refractivity contribution in [3.63, 3.8) is 0 Å². The minimum atomic E-state index is -1.95. The molecule has 0 saturated heterocycles. The highest BCUT2D eigenvalue weighted by Crippen LogP contribution is 2.27. The SMILES string of the molecule is CCCCCCCCCCCOC(=O)C(Cl)(Cl)Cl. The lowest BCUT2D eigenvalue weighted by atomic mass is 10.1. The summed E-state index contributed by atoms with van der Waals surface area (Å²) in [6.07, 6.45) is 10.9. The van der Waals surface area contributed by atoms with Gasteiger partial charge < -0.3 is 4.74 Å². The average molecular weight is 318 g/mol. The normalized spacial score (nSPS) is 11.6. The third-order valence-corrected chi connectivity index (χ3v) is 3.18. The van der Waals surface area contributed by atoms with Gasteiger partial charge in [-0.15, -0.1) is 0 Å². The first-order valence-electron chi connectivity index (χ1n) is 6.72. The number of carbonyl (C=O) groups is 1. The quantitative estimate of drug-likeness (QED) is 0.305. The predicted molar refractivity (Wildman–Crippen MR) is 78.5 cm³/mol. The third kappa shape index (κ3) is 11.4. The van der Waals surface area contributed by atoms with E-state index in [1.807, 2.05) is 0 Å². The van der Waals surface area contributed by atoms with Gasteiger partial charge in [-0.1, -0.05) is 93.1 Å². The van der Waals surface area contributed by atoms with E-state index in [0.29, 0.717) is 6.61 Å². The van der Waals surface area contributed by atoms with Crippen molar-refractivity contribution < 1.29 is 9.53 Å². The molecule has 0 aliphatic carbocycles. The van der Waals surface area contributed by atoms with Crippen LogP contribution >= 0.6 is 34.8 Å². The monoisotopic (exact) mass is 316 g/mol. The van der Waals surface area contributed by atoms with E-state index in [2.05, 4.69) is 6.92 Å². The Morgan fingerprint density at radius 1 is 0.889 bits per heavy atom. The van der Waals surface area contributed by atoms with Gasteiger partial charge in [-0.25, -0.2) is 4.79 Å². The zero-order valence-electron chi connectivity index (χ0n) is 11.0. The third-order valence-electron chi connectivity index (χ3n) is 2.71. The van der Waals surface area contributed by atoms with Gasteiger partial charge in [-0.3, -0.25) is 0 Å². The molecule has 5 heteroatoms. The molecule has 2 nitrogen and oxygen atoms in total. The minimum absolute atomic E-state index is 0.336. The second kappa shape index (κ2) is 11.2. The van der Waals surface area contributed by atoms with Gasteiger partial charge in [0.05, 0.1) is 6.61 Å². The maximum absolute atomic E-state index is 11.1. The summed E-state index contributed by atoms with van der Waals surface area (Å²) >= 11 is 16.1. The van der Waals surface area contributed by atoms with Crippen LogP contribution in [0.3, 0.4) is 0 Å². The van der Waals surface area contributed by atoms with Gasteiger partial charge in [0.1, 0.15) is 0 Å². The van der Waals surface area contributed by atoms with E-state index in [-0.39, 0.29) is 0 Å². The van der Waals surface area contributed by atoms with Crippen LogP contribution in [-0.2, 0) is 9.53 Å². The highest BCUT2D eigenvalue weighted by molar-refractivity contribution is 6.75. The number of halogens is 3. The first-order chi connectivity index (χ1) is 8.48. The summed E-state index contributed by atoms with van der Waals surface area (Å²) in [6, 6.07) is 0. The lowest BCUT2D eigenvalue weighted by Gasteiger charge is -2.10. The molecule has 0 aromatic rings. The molecule has 0 aliphatic heterocycles. The number of hydrogen-bond donors (Lipinski definition) is 0. The van der Waals surface area contributed by atoms with Crippen molar-refractivity contribution in [1.29, 1.82) is 0 Å². The van der Waals surface area contributed by atoms with Crippen LogP contribution in [0, 0.1) is 0 Å². The van der Waals surface area contributed by atoms with E-state index in [9.17, 15) is 4.79 Å². The van der Waals surface area contributed by atoms with Crippen LogP contribution in [0.5, 0.6) is 0 Å². The van der Waals surface area contributed by atoms with Crippen molar-refractivity contribution in [2.75, 3.05) is 6.61 Å². The molecule has 18 heavy (non-hydrogen) atoms. The fourth-order valence-electron chi connectivity index (χ4n) is 1.66. The van der Waals surface area contributed by atoms with Crippen LogP contribution in [0.1, 0.15) is 64.7 Å². The molecule has 0 aromatic carbocycles. The Morgan fingerprint density at radius 2 is 1.33 bits per heavy atom. The molecule has 0 N–H and O–H groups in total. The van der Waals surface area contributed by atoms with Gasteiger partial charge in [0, 0.05) is 0 Å². The number of hydrogen-bond acceptors (Lipinski definition) is 2. The predicted octanol–water partition coefficient (Wildman–Crippen LogP) is 5.43. The maximum Gasteiger partial charge on any atom is 0.358 e. The van der Waals surface area contributed by atoms with Crippen molar-refractivity contribution >= 4 is 40.8 Å². The Bertz CT molecular complexity index is 215. The van der Waals surface area contributed by atoms with Crippen LogP contribution in [-0.4, -0.2) is 16.4 Å². The summed E-state index contributed by atoms with van der Waals surface area (Å²) in [5, 5.41) is 0. The molecule has 0 radical (unpaired) electrons. The standard InChI is InChI=1S/C13H23Cl3O2/c1-2-3-4-5-6-7-8-9-10-11-18-12(17)13(14,15)16/h2-11H2,1H3. The van der Waals surface area contributed by atoms with E-state index in [1.54, 1.807) is 0 Å². The molecule has 0 fully saturated rings. The molecule has 0 atom stereocenters. The number of alkyl halides is 3. The smallest absolute Gasteiger partial charge is 0.358 e. The molecule has 0 spiro atoms. The first-order valence-corrected chi connectivity index (χ1v) is 7.85. The molecule has 108 valence electrons. The minimum Gasteiger partial charge on any atom is -0.463 e. The molecule has 0 heterocycles. The van der Waals surface area contributed by atoms with Crippen LogP contribution in [0.15, 0.2) is 0 Å². The van der Waals surface area contributed by atoms with E-state index in [1.165, 1.54) is 44.9 Å². The first kappa shape index (κ1) is 18.3. The number of unbranched alkanes of at least 4 members (excludes halogenated alkanes) is 8. The number of esters is 1. The molecular weight excluding hydrogens is 294 g/mol. The zero-order chi connectivity index (χ0) is 13.9. The second-order valence-electron chi connectivity index (χ2n) is 4.46. The lowest BCUT2D eigenvalue weighted by molar-refractivity contribution is -0.142. The van der Waals surface area contributed by atoms with Crippen LogP contribution < -0.4 is 0 Å². The van der Waals surface area contributed by atoms with E-state index < -0.39 is 9.76 Å². The Balaban J connectivity index is 3.19. The van der Waals surface area contributed by atoms with Crippen molar-refractivity contribution in [2.45, 2.75) is 68.5 Å². The largest absolute Gasteiger partial charge is 0.463 e. The second-order valence-corrected chi connectivity index (χ2v) is 6.74. The van der Waals surface area contributed by atoms with E-state index in [0.717, 1.165) is 12.8 Å². The Labute approximate surface area is 125 Å². The summed E-state index contributed by atoms with van der Waals surface area (Å²) in [5.74, 6) is -0.785. The molecule has 0 bridgehead atoms. The Morgan fingerprint density at radius 3 is 1.78 bits per heavy atom. The van der Waals surface area contributed by atoms with E-state index >= 15 is 0 Å².